The predicted octanol–water partition coefficient (Wildman–Crippen LogP) is 2.44. The molecule has 1 aromatic rings. The summed E-state index contributed by atoms with van der Waals surface area (Å²) < 4.78 is 0. The van der Waals surface area contributed by atoms with Gasteiger partial charge in [-0.1, -0.05) is 29.8 Å². The summed E-state index contributed by atoms with van der Waals surface area (Å²) in [4.78, 5) is 14.6. The lowest BCUT2D eigenvalue weighted by Gasteiger charge is -2.38. The topological polar surface area (TPSA) is 46.3 Å². The molecule has 3 atom stereocenters. The van der Waals surface area contributed by atoms with Gasteiger partial charge in [0, 0.05) is 18.6 Å². The average Bonchev–Trinajstić information content (AvgIpc) is 2.37. The van der Waals surface area contributed by atoms with E-state index in [9.17, 15) is 4.79 Å². The highest BCUT2D eigenvalue weighted by atomic mass is 16.2. The van der Waals surface area contributed by atoms with Crippen molar-refractivity contribution in [2.24, 2.45) is 5.73 Å². The molecular formula is C16H24N2O. The molecule has 2 N–H and O–H groups in total. The molecule has 0 radical (unpaired) electrons. The van der Waals surface area contributed by atoms with Crippen molar-refractivity contribution in [2.75, 3.05) is 6.54 Å². The highest BCUT2D eigenvalue weighted by Crippen LogP contribution is 2.24. The van der Waals surface area contributed by atoms with E-state index < -0.39 is 0 Å². The number of nitrogens with zero attached hydrogens (tertiary/aromatic N) is 1. The highest BCUT2D eigenvalue weighted by Gasteiger charge is 2.30. The van der Waals surface area contributed by atoms with Crippen molar-refractivity contribution in [1.29, 1.82) is 0 Å². The molecule has 0 saturated carbocycles. The zero-order chi connectivity index (χ0) is 14.0. The third-order valence-corrected chi connectivity index (χ3v) is 4.11. The second kappa shape index (κ2) is 5.74. The van der Waals surface area contributed by atoms with Gasteiger partial charge in [0.05, 0.1) is 5.92 Å². The Morgan fingerprint density at radius 3 is 2.84 bits per heavy atom. The zero-order valence-corrected chi connectivity index (χ0v) is 12.1. The van der Waals surface area contributed by atoms with Gasteiger partial charge in [0.15, 0.2) is 0 Å². The summed E-state index contributed by atoms with van der Waals surface area (Å²) in [5.41, 5.74) is 8.26. The van der Waals surface area contributed by atoms with Gasteiger partial charge >= 0.3 is 0 Å². The normalized spacial score (nSPS) is 25.2. The summed E-state index contributed by atoms with van der Waals surface area (Å²) in [6.07, 6.45) is 1.82. The Morgan fingerprint density at radius 1 is 1.47 bits per heavy atom. The molecule has 0 unspecified atom stereocenters. The molecule has 0 aromatic heterocycles. The summed E-state index contributed by atoms with van der Waals surface area (Å²) in [6, 6.07) is 8.71. The minimum Gasteiger partial charge on any atom is -0.339 e. The number of nitrogens with two attached hydrogens (primary N) is 1. The van der Waals surface area contributed by atoms with E-state index in [4.69, 9.17) is 5.73 Å². The van der Waals surface area contributed by atoms with E-state index in [1.54, 1.807) is 0 Å². The van der Waals surface area contributed by atoms with Crippen LogP contribution >= 0.6 is 0 Å². The number of carbonyl (C=O) groups is 1. The Balaban J connectivity index is 2.11. The highest BCUT2D eigenvalue weighted by molar-refractivity contribution is 5.83. The van der Waals surface area contributed by atoms with Crippen LogP contribution in [0.1, 0.15) is 43.7 Å². The molecular weight excluding hydrogens is 236 g/mol. The van der Waals surface area contributed by atoms with Gasteiger partial charge in [0.1, 0.15) is 0 Å². The van der Waals surface area contributed by atoms with E-state index in [0.29, 0.717) is 0 Å². The number of aryl methyl sites for hydroxylation is 1. The molecule has 0 spiro atoms. The number of carbonyl (C=O) groups excluding carboxylic acids is 1. The van der Waals surface area contributed by atoms with Crippen LogP contribution in [0.2, 0.25) is 0 Å². The summed E-state index contributed by atoms with van der Waals surface area (Å²) in [5.74, 6) is 0.154. The van der Waals surface area contributed by atoms with E-state index in [0.717, 1.165) is 24.9 Å². The maximum absolute atomic E-state index is 12.6. The number of benzene rings is 1. The molecule has 1 heterocycles. The van der Waals surface area contributed by atoms with E-state index in [1.807, 2.05) is 24.0 Å². The molecule has 1 amide bonds. The van der Waals surface area contributed by atoms with Crippen molar-refractivity contribution in [2.45, 2.75) is 51.6 Å². The molecule has 0 bridgehead atoms. The molecule has 1 aliphatic heterocycles. The van der Waals surface area contributed by atoms with Crippen molar-refractivity contribution in [3.8, 4) is 0 Å². The second-order valence-corrected chi connectivity index (χ2v) is 5.80. The Bertz CT molecular complexity index is 458. The Labute approximate surface area is 115 Å². The average molecular weight is 260 g/mol. The molecule has 1 aliphatic rings. The van der Waals surface area contributed by atoms with E-state index in [1.165, 1.54) is 5.56 Å². The standard InChI is InChI=1S/C16H24N2O/c1-11-5-4-6-14(9-11)13(3)16(19)18-8-7-15(17)10-12(18)2/h4-6,9,12-13,15H,7-8,10,17H2,1-3H3/t12-,13+,15-/m1/s1. The van der Waals surface area contributed by atoms with Crippen LogP contribution in [0.15, 0.2) is 24.3 Å². The third kappa shape index (κ3) is 3.16. The molecule has 104 valence electrons. The van der Waals surface area contributed by atoms with Crippen LogP contribution in [-0.2, 0) is 4.79 Å². The summed E-state index contributed by atoms with van der Waals surface area (Å²) in [5, 5.41) is 0. The van der Waals surface area contributed by atoms with Gasteiger partial charge in [0.25, 0.3) is 0 Å². The van der Waals surface area contributed by atoms with Crippen LogP contribution in [0.25, 0.3) is 0 Å². The fourth-order valence-corrected chi connectivity index (χ4v) is 2.87. The van der Waals surface area contributed by atoms with E-state index in [2.05, 4.69) is 26.0 Å². The Hall–Kier alpha value is -1.35. The van der Waals surface area contributed by atoms with Gasteiger partial charge in [-0.2, -0.15) is 0 Å². The first-order chi connectivity index (χ1) is 8.99. The Morgan fingerprint density at radius 2 is 2.21 bits per heavy atom. The monoisotopic (exact) mass is 260 g/mol. The number of rotatable bonds is 2. The second-order valence-electron chi connectivity index (χ2n) is 5.80. The van der Waals surface area contributed by atoms with Crippen molar-refractivity contribution >= 4 is 5.91 Å². The molecule has 0 aliphatic carbocycles. The number of piperidine rings is 1. The van der Waals surface area contributed by atoms with Crippen LogP contribution in [0.5, 0.6) is 0 Å². The van der Waals surface area contributed by atoms with Gasteiger partial charge in [-0.25, -0.2) is 0 Å². The van der Waals surface area contributed by atoms with Crippen molar-refractivity contribution < 1.29 is 4.79 Å². The van der Waals surface area contributed by atoms with Crippen LogP contribution in [0.4, 0.5) is 0 Å². The Kier molecular flexibility index (Phi) is 4.25. The van der Waals surface area contributed by atoms with Crippen LogP contribution in [0.3, 0.4) is 0 Å². The molecule has 3 heteroatoms. The smallest absolute Gasteiger partial charge is 0.230 e. The molecule has 1 fully saturated rings. The first kappa shape index (κ1) is 14.1. The predicted molar refractivity (Wildman–Crippen MR) is 78.0 cm³/mol. The van der Waals surface area contributed by atoms with Crippen molar-refractivity contribution in [3.05, 3.63) is 35.4 Å². The lowest BCUT2D eigenvalue weighted by molar-refractivity contribution is -0.135. The fourth-order valence-electron chi connectivity index (χ4n) is 2.87. The van der Waals surface area contributed by atoms with Crippen LogP contribution in [0, 0.1) is 6.92 Å². The minimum absolute atomic E-state index is 0.0725. The van der Waals surface area contributed by atoms with Crippen LogP contribution < -0.4 is 5.73 Å². The number of amides is 1. The largest absolute Gasteiger partial charge is 0.339 e. The first-order valence-corrected chi connectivity index (χ1v) is 7.11. The lowest BCUT2D eigenvalue weighted by atomic mass is 9.94. The van der Waals surface area contributed by atoms with Gasteiger partial charge in [-0.3, -0.25) is 4.79 Å². The maximum Gasteiger partial charge on any atom is 0.230 e. The third-order valence-electron chi connectivity index (χ3n) is 4.11. The maximum atomic E-state index is 12.6. The molecule has 1 aromatic carbocycles. The summed E-state index contributed by atoms with van der Waals surface area (Å²) >= 11 is 0. The number of likely N-dealkylation sites (tertiary alicyclic amines) is 1. The first-order valence-electron chi connectivity index (χ1n) is 7.11. The van der Waals surface area contributed by atoms with Gasteiger partial charge in [0.2, 0.25) is 5.91 Å². The van der Waals surface area contributed by atoms with Crippen molar-refractivity contribution in [1.82, 2.24) is 4.90 Å². The summed E-state index contributed by atoms with van der Waals surface area (Å²) in [7, 11) is 0. The zero-order valence-electron chi connectivity index (χ0n) is 12.1. The minimum atomic E-state index is -0.0725. The SMILES string of the molecule is Cc1cccc([C@H](C)C(=O)N2CC[C@@H](N)C[C@H]2C)c1. The lowest BCUT2D eigenvalue weighted by Crippen LogP contribution is -2.49. The number of hydrogen-bond donors (Lipinski definition) is 1. The van der Waals surface area contributed by atoms with Gasteiger partial charge < -0.3 is 10.6 Å². The fraction of sp³-hybridized carbons (Fsp3) is 0.562. The summed E-state index contributed by atoms with van der Waals surface area (Å²) in [6.45, 7) is 6.94. The quantitative estimate of drug-likeness (QED) is 0.887. The van der Waals surface area contributed by atoms with Crippen molar-refractivity contribution in [3.63, 3.8) is 0 Å². The van der Waals surface area contributed by atoms with Gasteiger partial charge in [-0.05, 0) is 39.2 Å². The molecule has 19 heavy (non-hydrogen) atoms. The molecule has 1 saturated heterocycles. The molecule has 3 nitrogen and oxygen atoms in total. The van der Waals surface area contributed by atoms with Crippen LogP contribution in [-0.4, -0.2) is 29.4 Å². The number of hydrogen-bond acceptors (Lipinski definition) is 2. The van der Waals surface area contributed by atoms with Gasteiger partial charge in [-0.15, -0.1) is 0 Å². The van der Waals surface area contributed by atoms with E-state index >= 15 is 0 Å². The van der Waals surface area contributed by atoms with E-state index in [-0.39, 0.29) is 23.9 Å². The molecule has 2 rings (SSSR count).